The minimum atomic E-state index is -4.59. The SMILES string of the molecule is O=C(O)CN1CCN(c2ccc(C(=O)N3CCC(c4ccc(Oc5ccc(C(F)(F)F)nn5)cc4)CC3)cc2NS(=O)(=O)Cc2ccccc2)CC1. The van der Waals surface area contributed by atoms with Crippen molar-refractivity contribution < 1.29 is 41.0 Å². The van der Waals surface area contributed by atoms with E-state index >= 15 is 0 Å². The fourth-order valence-corrected chi connectivity index (χ4v) is 7.62. The number of piperidine rings is 1. The average molecular weight is 739 g/mol. The maximum atomic E-state index is 13.8. The van der Waals surface area contributed by atoms with Crippen molar-refractivity contribution in [2.45, 2.75) is 30.7 Å². The summed E-state index contributed by atoms with van der Waals surface area (Å²) >= 11 is 0. The summed E-state index contributed by atoms with van der Waals surface area (Å²) in [7, 11) is -3.86. The zero-order valence-electron chi connectivity index (χ0n) is 28.0. The largest absolute Gasteiger partial charge is 0.480 e. The van der Waals surface area contributed by atoms with Crippen LogP contribution in [-0.2, 0) is 26.7 Å². The molecule has 0 unspecified atom stereocenters. The van der Waals surface area contributed by atoms with Crippen molar-refractivity contribution in [3.8, 4) is 11.6 Å². The number of hydrogen-bond donors (Lipinski definition) is 2. The van der Waals surface area contributed by atoms with Crippen LogP contribution in [0.4, 0.5) is 24.5 Å². The van der Waals surface area contributed by atoms with Crippen LogP contribution < -0.4 is 14.4 Å². The minimum Gasteiger partial charge on any atom is -0.480 e. The number of alkyl halides is 3. The number of benzene rings is 3. The Balaban J connectivity index is 1.11. The minimum absolute atomic E-state index is 0.0638. The zero-order valence-corrected chi connectivity index (χ0v) is 28.8. The molecule has 12 nitrogen and oxygen atoms in total. The number of carboxylic acids is 1. The average Bonchev–Trinajstić information content (AvgIpc) is 3.12. The van der Waals surface area contributed by atoms with E-state index in [9.17, 15) is 36.3 Å². The number of carboxylic acid groups (broad SMARTS) is 1. The van der Waals surface area contributed by atoms with E-state index in [0.29, 0.717) is 74.7 Å². The van der Waals surface area contributed by atoms with Gasteiger partial charge in [-0.05, 0) is 66.3 Å². The number of nitrogens with zero attached hydrogens (tertiary/aromatic N) is 5. The lowest BCUT2D eigenvalue weighted by Crippen LogP contribution is -2.48. The molecule has 52 heavy (non-hydrogen) atoms. The first kappa shape index (κ1) is 36.6. The van der Waals surface area contributed by atoms with Gasteiger partial charge >= 0.3 is 12.1 Å². The standard InChI is InChI=1S/C36H37F3N6O6S/c37-36(38,39)32-12-13-33(41-40-32)51-29-9-6-26(7-10-29)27-14-16-45(17-15-27)35(48)28-8-11-31(44-20-18-43(19-21-44)23-34(46)47)30(22-28)42-52(49,50)24-25-4-2-1-3-5-25/h1-13,22,27,42H,14-21,23-24H2,(H,46,47). The number of nitrogens with one attached hydrogen (secondary N) is 1. The van der Waals surface area contributed by atoms with E-state index in [2.05, 4.69) is 14.9 Å². The molecule has 2 fully saturated rings. The molecule has 2 aliphatic rings. The number of sulfonamides is 1. The molecular weight excluding hydrogens is 701 g/mol. The number of piperazine rings is 1. The van der Waals surface area contributed by atoms with Crippen LogP contribution in [0.3, 0.4) is 0 Å². The quantitative estimate of drug-likeness (QED) is 0.204. The van der Waals surface area contributed by atoms with Crippen LogP contribution in [0, 0.1) is 0 Å². The number of carbonyl (C=O) groups excluding carboxylic acids is 1. The Bertz CT molecular complexity index is 1970. The molecule has 0 aliphatic carbocycles. The molecule has 0 bridgehead atoms. The number of aliphatic carboxylic acids is 1. The van der Waals surface area contributed by atoms with Crippen molar-refractivity contribution in [3.63, 3.8) is 0 Å². The van der Waals surface area contributed by atoms with Gasteiger partial charge < -0.3 is 19.6 Å². The van der Waals surface area contributed by atoms with Gasteiger partial charge in [0.15, 0.2) is 5.69 Å². The van der Waals surface area contributed by atoms with E-state index < -0.39 is 27.9 Å². The maximum Gasteiger partial charge on any atom is 0.435 e. The third kappa shape index (κ3) is 9.36. The third-order valence-corrected chi connectivity index (χ3v) is 10.3. The van der Waals surface area contributed by atoms with Gasteiger partial charge in [0.25, 0.3) is 5.91 Å². The van der Waals surface area contributed by atoms with Crippen LogP contribution in [-0.4, -0.2) is 91.2 Å². The number of carbonyl (C=O) groups is 2. The van der Waals surface area contributed by atoms with Crippen LogP contribution in [0.5, 0.6) is 11.6 Å². The Hall–Kier alpha value is -5.22. The summed E-state index contributed by atoms with van der Waals surface area (Å²) in [5, 5.41) is 15.8. The van der Waals surface area contributed by atoms with Gasteiger partial charge in [0.05, 0.1) is 23.7 Å². The van der Waals surface area contributed by atoms with Crippen LogP contribution in [0.2, 0.25) is 0 Å². The Labute approximate surface area is 298 Å². The maximum absolute atomic E-state index is 13.8. The number of anilines is 2. The van der Waals surface area contributed by atoms with E-state index in [-0.39, 0.29) is 35.7 Å². The third-order valence-electron chi connectivity index (χ3n) is 9.07. The summed E-state index contributed by atoms with van der Waals surface area (Å²) in [5.74, 6) is -0.889. The zero-order chi connectivity index (χ0) is 36.9. The van der Waals surface area contributed by atoms with Gasteiger partial charge in [0.1, 0.15) is 5.75 Å². The number of aromatic nitrogens is 2. The second-order valence-electron chi connectivity index (χ2n) is 12.7. The number of halogens is 3. The topological polar surface area (TPSA) is 145 Å². The summed E-state index contributed by atoms with van der Waals surface area (Å²) in [6.45, 7) is 2.82. The summed E-state index contributed by atoms with van der Waals surface area (Å²) in [6.07, 6.45) is -3.22. The van der Waals surface area contributed by atoms with E-state index in [1.807, 2.05) is 21.9 Å². The molecule has 4 aromatic rings. The highest BCUT2D eigenvalue weighted by Crippen LogP contribution is 2.34. The van der Waals surface area contributed by atoms with Gasteiger partial charge in [0.2, 0.25) is 15.9 Å². The van der Waals surface area contributed by atoms with Crippen molar-refractivity contribution in [1.29, 1.82) is 0 Å². The smallest absolute Gasteiger partial charge is 0.435 e. The molecule has 274 valence electrons. The summed E-state index contributed by atoms with van der Waals surface area (Å²) < 4.78 is 73.3. The molecule has 0 radical (unpaired) electrons. The van der Waals surface area contributed by atoms with Gasteiger partial charge in [0, 0.05) is 50.9 Å². The van der Waals surface area contributed by atoms with Crippen LogP contribution in [0.15, 0.2) is 84.9 Å². The first-order chi connectivity index (χ1) is 24.8. The highest BCUT2D eigenvalue weighted by atomic mass is 32.2. The van der Waals surface area contributed by atoms with E-state index in [1.54, 1.807) is 65.6 Å². The number of rotatable bonds is 11. The van der Waals surface area contributed by atoms with Crippen molar-refractivity contribution >= 4 is 33.3 Å². The Morgan fingerprint density at radius 1 is 0.865 bits per heavy atom. The van der Waals surface area contributed by atoms with Gasteiger partial charge in [-0.15, -0.1) is 10.2 Å². The molecule has 1 aromatic heterocycles. The fourth-order valence-electron chi connectivity index (χ4n) is 6.41. The van der Waals surface area contributed by atoms with Crippen LogP contribution in [0.25, 0.3) is 0 Å². The monoisotopic (exact) mass is 738 g/mol. The van der Waals surface area contributed by atoms with E-state index in [0.717, 1.165) is 17.7 Å². The van der Waals surface area contributed by atoms with Crippen LogP contribution in [0.1, 0.15) is 45.9 Å². The van der Waals surface area contributed by atoms with Gasteiger partial charge in [-0.3, -0.25) is 19.2 Å². The van der Waals surface area contributed by atoms with E-state index in [1.165, 1.54) is 0 Å². The number of amides is 1. The highest BCUT2D eigenvalue weighted by Gasteiger charge is 2.33. The van der Waals surface area contributed by atoms with Crippen molar-refractivity contribution in [1.82, 2.24) is 20.0 Å². The lowest BCUT2D eigenvalue weighted by atomic mass is 9.89. The van der Waals surface area contributed by atoms with E-state index in [4.69, 9.17) is 4.74 Å². The normalized spacial score (nSPS) is 16.1. The van der Waals surface area contributed by atoms with Crippen LogP contribution >= 0.6 is 0 Å². The highest BCUT2D eigenvalue weighted by molar-refractivity contribution is 7.91. The molecule has 3 heterocycles. The molecule has 2 N–H and O–H groups in total. The van der Waals surface area contributed by atoms with Gasteiger partial charge in [-0.25, -0.2) is 8.42 Å². The molecule has 6 rings (SSSR count). The lowest BCUT2D eigenvalue weighted by Gasteiger charge is -2.36. The van der Waals surface area contributed by atoms with Crippen molar-refractivity contribution in [3.05, 3.63) is 107 Å². The molecule has 16 heteroatoms. The summed E-state index contributed by atoms with van der Waals surface area (Å²) in [4.78, 5) is 30.5. The van der Waals surface area contributed by atoms with Crippen molar-refractivity contribution in [2.75, 3.05) is 55.4 Å². The second kappa shape index (κ2) is 15.6. The number of hydrogen-bond acceptors (Lipinski definition) is 9. The van der Waals surface area contributed by atoms with Gasteiger partial charge in [-0.1, -0.05) is 42.5 Å². The predicted molar refractivity (Wildman–Crippen MR) is 187 cm³/mol. The number of likely N-dealkylation sites (tertiary alicyclic amines) is 1. The molecule has 2 saturated heterocycles. The lowest BCUT2D eigenvalue weighted by molar-refractivity contribution is -0.142. The molecule has 0 saturated carbocycles. The Morgan fingerprint density at radius 2 is 1.56 bits per heavy atom. The Kier molecular flexibility index (Phi) is 11.0. The number of ether oxygens (including phenoxy) is 1. The van der Waals surface area contributed by atoms with Crippen molar-refractivity contribution in [2.24, 2.45) is 0 Å². The second-order valence-corrected chi connectivity index (χ2v) is 14.5. The predicted octanol–water partition coefficient (Wildman–Crippen LogP) is 5.46. The summed E-state index contributed by atoms with van der Waals surface area (Å²) in [5.41, 5.74) is 1.78. The first-order valence-corrected chi connectivity index (χ1v) is 18.3. The van der Waals surface area contributed by atoms with Gasteiger partial charge in [-0.2, -0.15) is 13.2 Å². The first-order valence-electron chi connectivity index (χ1n) is 16.7. The molecule has 0 spiro atoms. The molecule has 2 aliphatic heterocycles. The molecular formula is C36H37F3N6O6S. The summed E-state index contributed by atoms with van der Waals surface area (Å²) in [6, 6.07) is 22.9. The molecule has 3 aromatic carbocycles. The fraction of sp³-hybridized carbons (Fsp3) is 0.333. The Morgan fingerprint density at radius 3 is 2.17 bits per heavy atom. The molecule has 1 amide bonds. The molecule has 0 atom stereocenters.